The highest BCUT2D eigenvalue weighted by molar-refractivity contribution is 6.28. The molecule has 1 saturated heterocycles. The van der Waals surface area contributed by atoms with Gasteiger partial charge in [0, 0.05) is 13.1 Å². The van der Waals surface area contributed by atoms with Crippen LogP contribution in [0.1, 0.15) is 33.1 Å². The first-order chi connectivity index (χ1) is 9.01. The van der Waals surface area contributed by atoms with Crippen LogP contribution in [0.2, 0.25) is 5.28 Å². The van der Waals surface area contributed by atoms with Crippen LogP contribution < -0.4 is 4.90 Å². The lowest BCUT2D eigenvalue weighted by molar-refractivity contribution is -0.384. The van der Waals surface area contributed by atoms with E-state index >= 15 is 0 Å². The molecular formula is C12H17ClN4O2. The molecule has 1 aromatic heterocycles. The fraction of sp³-hybridized carbons (Fsp3) is 0.667. The largest absolute Gasteiger partial charge is 0.350 e. The Kier molecular flexibility index (Phi) is 3.89. The Balaban J connectivity index is 2.33. The molecule has 0 saturated carbocycles. The molecule has 2 rings (SSSR count). The van der Waals surface area contributed by atoms with Crippen molar-refractivity contribution < 1.29 is 4.92 Å². The van der Waals surface area contributed by atoms with Crippen LogP contribution in [-0.4, -0.2) is 28.0 Å². The van der Waals surface area contributed by atoms with E-state index in [1.54, 1.807) is 0 Å². The number of hydrogen-bond acceptors (Lipinski definition) is 5. The maximum atomic E-state index is 11.0. The minimum atomic E-state index is -0.455. The van der Waals surface area contributed by atoms with E-state index in [2.05, 4.69) is 23.8 Å². The highest BCUT2D eigenvalue weighted by atomic mass is 35.5. The zero-order valence-electron chi connectivity index (χ0n) is 11.1. The second-order valence-corrected chi connectivity index (χ2v) is 5.32. The fourth-order valence-electron chi connectivity index (χ4n) is 2.65. The van der Waals surface area contributed by atoms with Crippen molar-refractivity contribution in [2.75, 3.05) is 18.0 Å². The van der Waals surface area contributed by atoms with Gasteiger partial charge in [0.05, 0.1) is 4.92 Å². The molecule has 2 heterocycles. The molecule has 1 aliphatic heterocycles. The van der Waals surface area contributed by atoms with Gasteiger partial charge in [0.25, 0.3) is 0 Å². The van der Waals surface area contributed by atoms with Gasteiger partial charge in [0.2, 0.25) is 11.1 Å². The number of anilines is 1. The third-order valence-electron chi connectivity index (χ3n) is 4.16. The zero-order chi connectivity index (χ0) is 14.0. The normalized spacial score (nSPS) is 17.7. The summed E-state index contributed by atoms with van der Waals surface area (Å²) in [7, 11) is 0. The molecule has 0 atom stereocenters. The van der Waals surface area contributed by atoms with Gasteiger partial charge in [-0.15, -0.1) is 0 Å². The van der Waals surface area contributed by atoms with Crippen molar-refractivity contribution in [3.63, 3.8) is 0 Å². The smallest absolute Gasteiger partial charge is 0.329 e. The minimum absolute atomic E-state index is 0.0473. The molecule has 6 nitrogen and oxygen atoms in total. The van der Waals surface area contributed by atoms with E-state index in [9.17, 15) is 10.1 Å². The van der Waals surface area contributed by atoms with Crippen molar-refractivity contribution in [1.82, 2.24) is 9.97 Å². The number of aromatic nitrogens is 2. The van der Waals surface area contributed by atoms with Gasteiger partial charge in [-0.25, -0.2) is 4.98 Å². The molecule has 0 amide bonds. The van der Waals surface area contributed by atoms with E-state index < -0.39 is 4.92 Å². The molecule has 0 bridgehead atoms. The predicted octanol–water partition coefficient (Wildman–Crippen LogP) is 3.05. The molecule has 0 unspecified atom stereocenters. The van der Waals surface area contributed by atoms with Crippen molar-refractivity contribution in [1.29, 1.82) is 0 Å². The molecule has 7 heteroatoms. The van der Waals surface area contributed by atoms with E-state index in [0.29, 0.717) is 5.82 Å². The maximum Gasteiger partial charge on any atom is 0.329 e. The van der Waals surface area contributed by atoms with Crippen LogP contribution >= 0.6 is 11.6 Å². The average molecular weight is 285 g/mol. The molecular weight excluding hydrogens is 268 g/mol. The lowest BCUT2D eigenvalue weighted by atomic mass is 9.82. The van der Waals surface area contributed by atoms with Crippen LogP contribution in [0.5, 0.6) is 0 Å². The standard InChI is InChI=1S/C12H17ClN4O2/c1-3-12(4-2)5-6-16(8-12)10-9(17(18)19)7-14-11(13)15-10/h7H,3-6,8H2,1-2H3. The molecule has 1 fully saturated rings. The van der Waals surface area contributed by atoms with Crippen LogP contribution in [-0.2, 0) is 0 Å². The van der Waals surface area contributed by atoms with Crippen molar-refractivity contribution in [2.45, 2.75) is 33.1 Å². The van der Waals surface area contributed by atoms with Crippen LogP contribution in [0.15, 0.2) is 6.20 Å². The van der Waals surface area contributed by atoms with E-state index in [1.807, 2.05) is 4.90 Å². The van der Waals surface area contributed by atoms with E-state index in [-0.39, 0.29) is 16.4 Å². The Labute approximate surface area is 117 Å². The first-order valence-corrected chi connectivity index (χ1v) is 6.81. The lowest BCUT2D eigenvalue weighted by Gasteiger charge is -2.26. The van der Waals surface area contributed by atoms with E-state index in [1.165, 1.54) is 6.20 Å². The van der Waals surface area contributed by atoms with Crippen molar-refractivity contribution in [3.8, 4) is 0 Å². The van der Waals surface area contributed by atoms with Crippen LogP contribution in [0.4, 0.5) is 11.5 Å². The van der Waals surface area contributed by atoms with Crippen molar-refractivity contribution in [2.24, 2.45) is 5.41 Å². The average Bonchev–Trinajstić information content (AvgIpc) is 2.83. The molecule has 104 valence electrons. The molecule has 19 heavy (non-hydrogen) atoms. The first kappa shape index (κ1) is 14.0. The molecule has 0 aromatic carbocycles. The van der Waals surface area contributed by atoms with Gasteiger partial charge >= 0.3 is 5.69 Å². The molecule has 0 aliphatic carbocycles. The second kappa shape index (κ2) is 5.28. The van der Waals surface area contributed by atoms with Gasteiger partial charge in [-0.2, -0.15) is 4.98 Å². The summed E-state index contributed by atoms with van der Waals surface area (Å²) in [6.45, 7) is 5.88. The maximum absolute atomic E-state index is 11.0. The quantitative estimate of drug-likeness (QED) is 0.483. The summed E-state index contributed by atoms with van der Waals surface area (Å²) in [6.07, 6.45) is 4.33. The van der Waals surface area contributed by atoms with Crippen molar-refractivity contribution >= 4 is 23.1 Å². The number of nitrogens with zero attached hydrogens (tertiary/aromatic N) is 4. The molecule has 0 radical (unpaired) electrons. The monoisotopic (exact) mass is 284 g/mol. The van der Waals surface area contributed by atoms with Gasteiger partial charge in [0.1, 0.15) is 6.20 Å². The Morgan fingerprint density at radius 2 is 2.21 bits per heavy atom. The lowest BCUT2D eigenvalue weighted by Crippen LogP contribution is -2.27. The summed E-state index contributed by atoms with van der Waals surface area (Å²) in [6, 6.07) is 0. The molecule has 0 N–H and O–H groups in total. The van der Waals surface area contributed by atoms with Crippen LogP contribution in [0.3, 0.4) is 0 Å². The Hall–Kier alpha value is -1.43. The third-order valence-corrected chi connectivity index (χ3v) is 4.34. The summed E-state index contributed by atoms with van der Waals surface area (Å²) in [5.74, 6) is 0.341. The summed E-state index contributed by atoms with van der Waals surface area (Å²) in [5.41, 5.74) is 0.151. The van der Waals surface area contributed by atoms with Gasteiger partial charge < -0.3 is 4.90 Å². The highest BCUT2D eigenvalue weighted by Crippen LogP contribution is 2.40. The molecule has 1 aromatic rings. The number of rotatable bonds is 4. The summed E-state index contributed by atoms with van der Waals surface area (Å²) >= 11 is 5.77. The Morgan fingerprint density at radius 3 is 2.74 bits per heavy atom. The summed E-state index contributed by atoms with van der Waals surface area (Å²) in [4.78, 5) is 20.3. The molecule has 1 aliphatic rings. The fourth-order valence-corrected chi connectivity index (χ4v) is 2.78. The number of hydrogen-bond donors (Lipinski definition) is 0. The number of nitro groups is 1. The third kappa shape index (κ3) is 2.63. The number of halogens is 1. The minimum Gasteiger partial charge on any atom is -0.350 e. The second-order valence-electron chi connectivity index (χ2n) is 4.98. The van der Waals surface area contributed by atoms with Gasteiger partial charge in [-0.3, -0.25) is 10.1 Å². The summed E-state index contributed by atoms with van der Waals surface area (Å²) < 4.78 is 0. The Morgan fingerprint density at radius 1 is 1.53 bits per heavy atom. The van der Waals surface area contributed by atoms with E-state index in [0.717, 1.165) is 32.4 Å². The first-order valence-electron chi connectivity index (χ1n) is 6.43. The van der Waals surface area contributed by atoms with Crippen LogP contribution in [0, 0.1) is 15.5 Å². The zero-order valence-corrected chi connectivity index (χ0v) is 11.9. The highest BCUT2D eigenvalue weighted by Gasteiger charge is 2.38. The van der Waals surface area contributed by atoms with Gasteiger partial charge in [-0.05, 0) is 36.3 Å². The topological polar surface area (TPSA) is 72.2 Å². The molecule has 0 spiro atoms. The van der Waals surface area contributed by atoms with Crippen molar-refractivity contribution in [3.05, 3.63) is 21.6 Å². The predicted molar refractivity (Wildman–Crippen MR) is 73.5 cm³/mol. The SMILES string of the molecule is CCC1(CC)CCN(c2nc(Cl)ncc2[N+](=O)[O-])C1. The van der Waals surface area contributed by atoms with Crippen LogP contribution in [0.25, 0.3) is 0 Å². The summed E-state index contributed by atoms with van der Waals surface area (Å²) in [5, 5.41) is 11.1. The van der Waals surface area contributed by atoms with Gasteiger partial charge in [0.15, 0.2) is 0 Å². The van der Waals surface area contributed by atoms with E-state index in [4.69, 9.17) is 11.6 Å². The van der Waals surface area contributed by atoms with Gasteiger partial charge in [-0.1, -0.05) is 13.8 Å². The Bertz CT molecular complexity index is 491.